The molecule has 1 saturated carbocycles. The van der Waals surface area contributed by atoms with Gasteiger partial charge in [-0.25, -0.2) is 9.97 Å². The second-order valence-corrected chi connectivity index (χ2v) is 9.85. The van der Waals surface area contributed by atoms with Gasteiger partial charge in [-0.05, 0) is 73.1 Å². The van der Waals surface area contributed by atoms with Crippen LogP contribution >= 0.6 is 0 Å². The van der Waals surface area contributed by atoms with E-state index in [1.54, 1.807) is 6.07 Å². The van der Waals surface area contributed by atoms with Crippen LogP contribution in [-0.2, 0) is 24.4 Å². The van der Waals surface area contributed by atoms with Crippen molar-refractivity contribution >= 4 is 23.3 Å². The van der Waals surface area contributed by atoms with Crippen LogP contribution in [0.15, 0.2) is 42.7 Å². The van der Waals surface area contributed by atoms with Crippen LogP contribution in [0.1, 0.15) is 64.5 Å². The van der Waals surface area contributed by atoms with Crippen LogP contribution in [0, 0.1) is 19.3 Å². The lowest BCUT2D eigenvalue weighted by atomic mass is 9.99. The highest BCUT2D eigenvalue weighted by atomic mass is 16.5. The maximum Gasteiger partial charge on any atom is 0.303 e. The number of ether oxygens (including phenoxy) is 1. The molecular formula is C28H31N7O4. The number of carboxylic acid groups (broad SMARTS) is 1. The molecule has 202 valence electrons. The first-order valence-corrected chi connectivity index (χ1v) is 12.8. The minimum absolute atomic E-state index is 0.0738. The van der Waals surface area contributed by atoms with Crippen LogP contribution in [0.4, 0.5) is 5.82 Å². The minimum Gasteiger partial charge on any atom is -0.481 e. The zero-order chi connectivity index (χ0) is 27.5. The van der Waals surface area contributed by atoms with E-state index in [9.17, 15) is 4.79 Å². The molecule has 1 aliphatic carbocycles. The van der Waals surface area contributed by atoms with Crippen molar-refractivity contribution < 1.29 is 19.8 Å². The second kappa shape index (κ2) is 11.1. The lowest BCUT2D eigenvalue weighted by Gasteiger charge is -2.15. The van der Waals surface area contributed by atoms with Gasteiger partial charge in [-0.1, -0.05) is 6.07 Å². The molecule has 11 heteroatoms. The molecular weight excluding hydrogens is 498 g/mol. The smallest absolute Gasteiger partial charge is 0.303 e. The van der Waals surface area contributed by atoms with Gasteiger partial charge in [0.05, 0.1) is 12.1 Å². The van der Waals surface area contributed by atoms with Crippen molar-refractivity contribution in [1.29, 1.82) is 5.41 Å². The normalized spacial score (nSPS) is 12.9. The third-order valence-corrected chi connectivity index (χ3v) is 6.79. The predicted molar refractivity (Wildman–Crippen MR) is 144 cm³/mol. The summed E-state index contributed by atoms with van der Waals surface area (Å²) in [5, 5.41) is 29.3. The van der Waals surface area contributed by atoms with Gasteiger partial charge in [-0.2, -0.15) is 4.98 Å². The Balaban J connectivity index is 1.32. The molecule has 5 N–H and O–H groups in total. The number of imidazole rings is 1. The Morgan fingerprint density at radius 3 is 2.59 bits per heavy atom. The average Bonchev–Trinajstić information content (AvgIpc) is 3.68. The van der Waals surface area contributed by atoms with E-state index >= 15 is 0 Å². The number of rotatable bonds is 11. The first kappa shape index (κ1) is 26.1. The molecule has 0 bridgehead atoms. The van der Waals surface area contributed by atoms with E-state index in [1.807, 2.05) is 48.1 Å². The second-order valence-electron chi connectivity index (χ2n) is 9.85. The fraction of sp³-hybridized carbons (Fsp3) is 0.321. The number of nitrogens with one attached hydrogen (secondary N) is 3. The van der Waals surface area contributed by atoms with E-state index < -0.39 is 5.97 Å². The topological polar surface area (TPSA) is 158 Å². The van der Waals surface area contributed by atoms with Crippen LogP contribution < -0.4 is 15.5 Å². The Morgan fingerprint density at radius 1 is 1.13 bits per heavy atom. The number of aromatic nitrogens is 4. The zero-order valence-corrected chi connectivity index (χ0v) is 21.9. The monoisotopic (exact) mass is 529 g/mol. The van der Waals surface area contributed by atoms with E-state index in [2.05, 4.69) is 32.5 Å². The lowest BCUT2D eigenvalue weighted by Crippen LogP contribution is -2.19. The summed E-state index contributed by atoms with van der Waals surface area (Å²) in [7, 11) is 0. The summed E-state index contributed by atoms with van der Waals surface area (Å²) >= 11 is 0. The molecule has 3 aromatic heterocycles. The van der Waals surface area contributed by atoms with Crippen molar-refractivity contribution in [2.75, 3.05) is 5.32 Å². The average molecular weight is 530 g/mol. The predicted octanol–water partition coefficient (Wildman–Crippen LogP) is 4.13. The Morgan fingerprint density at radius 2 is 1.90 bits per heavy atom. The summed E-state index contributed by atoms with van der Waals surface area (Å²) in [5.41, 5.74) is 8.32. The van der Waals surface area contributed by atoms with Gasteiger partial charge in [0.25, 0.3) is 0 Å². The molecule has 0 unspecified atom stereocenters. The van der Waals surface area contributed by atoms with Gasteiger partial charge >= 0.3 is 5.97 Å². The van der Waals surface area contributed by atoms with Crippen LogP contribution in [0.5, 0.6) is 5.88 Å². The molecule has 1 aliphatic rings. The molecule has 0 saturated heterocycles. The quantitative estimate of drug-likeness (QED) is 0.109. The summed E-state index contributed by atoms with van der Waals surface area (Å²) in [4.78, 5) is 24.7. The lowest BCUT2D eigenvalue weighted by molar-refractivity contribution is -0.137. The molecule has 0 aliphatic heterocycles. The highest BCUT2D eigenvalue weighted by molar-refractivity contribution is 5.96. The minimum atomic E-state index is -0.927. The fourth-order valence-corrected chi connectivity index (χ4v) is 4.57. The number of carbonyl (C=O) groups is 1. The van der Waals surface area contributed by atoms with Gasteiger partial charge in [0.15, 0.2) is 0 Å². The standard InChI is InChI=1S/C28H31N7O4/c1-16-9-20(28(29)34-38)10-17(2)22(16)12-30-24-11-26(33-23(32-24)6-8-27(36)37)39-15-21-14-35-13-19(18-3-4-18)5-7-25(35)31-21/h5,7,9-11,13-14,18,38H,3-4,6,8,12,15H2,1-2H3,(H2,29,34)(H,36,37)(H,30,32,33). The summed E-state index contributed by atoms with van der Waals surface area (Å²) in [6, 6.07) is 9.49. The Labute approximate surface area is 225 Å². The Kier molecular flexibility index (Phi) is 7.42. The van der Waals surface area contributed by atoms with Gasteiger partial charge in [0.2, 0.25) is 5.88 Å². The summed E-state index contributed by atoms with van der Waals surface area (Å²) in [6.45, 7) is 4.53. The molecule has 0 amide bonds. The molecule has 0 spiro atoms. The molecule has 5 rings (SSSR count). The number of hydroxylamine groups is 1. The third kappa shape index (κ3) is 6.32. The van der Waals surface area contributed by atoms with Crippen LogP contribution in [0.3, 0.4) is 0 Å². The molecule has 0 radical (unpaired) electrons. The largest absolute Gasteiger partial charge is 0.481 e. The number of hydrogen-bond acceptors (Lipinski definition) is 8. The number of benzene rings is 1. The summed E-state index contributed by atoms with van der Waals surface area (Å²) in [5.74, 6) is 0.864. The van der Waals surface area contributed by atoms with E-state index in [0.29, 0.717) is 35.5 Å². The van der Waals surface area contributed by atoms with E-state index in [0.717, 1.165) is 28.0 Å². The SMILES string of the molecule is Cc1cc(C(=N)NO)cc(C)c1CNc1cc(OCc2cn3cc(C4CC4)ccc3n2)nc(CCC(=O)O)n1. The highest BCUT2D eigenvalue weighted by Gasteiger charge is 2.23. The molecule has 1 fully saturated rings. The van der Waals surface area contributed by atoms with Crippen LogP contribution in [0.2, 0.25) is 0 Å². The van der Waals surface area contributed by atoms with Gasteiger partial charge < -0.3 is 19.6 Å². The molecule has 0 atom stereocenters. The number of fused-ring (bicyclic) bond motifs is 1. The van der Waals surface area contributed by atoms with Crippen molar-refractivity contribution in [2.24, 2.45) is 0 Å². The van der Waals surface area contributed by atoms with Crippen molar-refractivity contribution in [3.63, 3.8) is 0 Å². The molecule has 39 heavy (non-hydrogen) atoms. The van der Waals surface area contributed by atoms with Crippen molar-refractivity contribution in [3.05, 3.63) is 82.1 Å². The number of pyridine rings is 1. The van der Waals surface area contributed by atoms with Gasteiger partial charge in [-0.3, -0.25) is 20.9 Å². The number of nitrogens with zero attached hydrogens (tertiary/aromatic N) is 4. The van der Waals surface area contributed by atoms with E-state index in [-0.39, 0.29) is 25.3 Å². The molecule has 3 heterocycles. The Hall–Kier alpha value is -4.51. The number of aliphatic carboxylic acids is 1. The van der Waals surface area contributed by atoms with Crippen LogP contribution in [0.25, 0.3) is 5.65 Å². The number of carboxylic acids is 1. The third-order valence-electron chi connectivity index (χ3n) is 6.79. The summed E-state index contributed by atoms with van der Waals surface area (Å²) in [6.07, 6.45) is 6.63. The highest BCUT2D eigenvalue weighted by Crippen LogP contribution is 2.39. The fourth-order valence-electron chi connectivity index (χ4n) is 4.57. The molecule has 11 nitrogen and oxygen atoms in total. The molecule has 4 aromatic rings. The Bertz CT molecular complexity index is 1520. The first-order valence-electron chi connectivity index (χ1n) is 12.8. The summed E-state index contributed by atoms with van der Waals surface area (Å²) < 4.78 is 8.00. The van der Waals surface area contributed by atoms with Crippen molar-refractivity contribution in [2.45, 2.75) is 58.6 Å². The first-order chi connectivity index (χ1) is 18.8. The van der Waals surface area contributed by atoms with Crippen molar-refractivity contribution in [3.8, 4) is 5.88 Å². The zero-order valence-electron chi connectivity index (χ0n) is 21.9. The number of aryl methyl sites for hydroxylation is 3. The number of anilines is 1. The number of hydrogen-bond donors (Lipinski definition) is 5. The van der Waals surface area contributed by atoms with E-state index in [4.69, 9.17) is 20.5 Å². The maximum atomic E-state index is 11.1. The van der Waals surface area contributed by atoms with Crippen molar-refractivity contribution in [1.82, 2.24) is 24.8 Å². The van der Waals surface area contributed by atoms with Gasteiger partial charge in [0, 0.05) is 37.0 Å². The molecule has 1 aromatic carbocycles. The van der Waals surface area contributed by atoms with Crippen LogP contribution in [-0.4, -0.2) is 41.5 Å². The van der Waals surface area contributed by atoms with Gasteiger partial charge in [0.1, 0.15) is 29.7 Å². The van der Waals surface area contributed by atoms with Gasteiger partial charge in [-0.15, -0.1) is 0 Å². The number of amidine groups is 1. The maximum absolute atomic E-state index is 11.1. The van der Waals surface area contributed by atoms with E-state index in [1.165, 1.54) is 18.4 Å².